The van der Waals surface area contributed by atoms with Crippen LogP contribution in [0.25, 0.3) is 0 Å². The van der Waals surface area contributed by atoms with Crippen LogP contribution in [0.3, 0.4) is 0 Å². The summed E-state index contributed by atoms with van der Waals surface area (Å²) in [5.74, 6) is 2.23. The molecule has 1 aromatic rings. The lowest BCUT2D eigenvalue weighted by atomic mass is 10.3. The summed E-state index contributed by atoms with van der Waals surface area (Å²) in [7, 11) is -4.26. The number of benzene rings is 1. The number of quaternary nitrogens is 1. The summed E-state index contributed by atoms with van der Waals surface area (Å²) in [6, 6.07) is 2.95. The zero-order valence-electron chi connectivity index (χ0n) is 9.24. The summed E-state index contributed by atoms with van der Waals surface area (Å²) < 4.78 is 27.1. The molecule has 97 valence electrons. The highest BCUT2D eigenvalue weighted by Crippen LogP contribution is 2.30. The van der Waals surface area contributed by atoms with Crippen LogP contribution in [0.5, 0.6) is 0 Å². The maximum absolute atomic E-state index is 11.5. The molecule has 1 amide bonds. The molecule has 0 saturated heterocycles. The number of nitro groups is 1. The minimum absolute atomic E-state index is 0.114. The first-order valence-corrected chi connectivity index (χ1v) is 5.93. The van der Waals surface area contributed by atoms with E-state index in [1.807, 2.05) is 0 Å². The molecule has 0 spiro atoms. The number of rotatable bonds is 4. The third kappa shape index (κ3) is 3.07. The van der Waals surface area contributed by atoms with Crippen LogP contribution in [0.4, 0.5) is 11.4 Å². The van der Waals surface area contributed by atoms with Gasteiger partial charge in [-0.15, -0.1) is 0 Å². The van der Waals surface area contributed by atoms with E-state index < -0.39 is 31.9 Å². The third-order valence-electron chi connectivity index (χ3n) is 1.91. The van der Waals surface area contributed by atoms with Crippen molar-refractivity contribution >= 4 is 27.8 Å². The molecule has 1 aromatic carbocycles. The molecule has 9 nitrogen and oxygen atoms in total. The number of nitro benzene ring substituents is 1. The highest BCUT2D eigenvalue weighted by atomic mass is 32.3. The summed E-state index contributed by atoms with van der Waals surface area (Å²) in [5.41, 5.74) is -0.559. The molecule has 1 unspecified atom stereocenters. The van der Waals surface area contributed by atoms with Crippen molar-refractivity contribution in [2.24, 2.45) is 0 Å². The maximum atomic E-state index is 11.5. The summed E-state index contributed by atoms with van der Waals surface area (Å²) in [6.07, 6.45) is 0. The molecule has 4 N–H and O–H groups in total. The standard InChI is InChI=1S/C8H9N3O6S/c1-5(12)10-7-3-2-6(11(13)14)4-8(7)18(15,16)17-9/h2-4H,1,9H3/q+1/p+1. The van der Waals surface area contributed by atoms with Crippen LogP contribution in [0.1, 0.15) is 6.92 Å². The molecule has 18 heavy (non-hydrogen) atoms. The molecular weight excluding hydrogens is 266 g/mol. The summed E-state index contributed by atoms with van der Waals surface area (Å²) in [6.45, 7) is 1.17. The van der Waals surface area contributed by atoms with Crippen LogP contribution < -0.4 is 11.2 Å². The van der Waals surface area contributed by atoms with E-state index in [1.165, 1.54) is 6.92 Å². The monoisotopic (exact) mass is 276 g/mol. The lowest BCUT2D eigenvalue weighted by Crippen LogP contribution is -2.52. The minimum Gasteiger partial charge on any atom is -0.322 e. The van der Waals surface area contributed by atoms with Gasteiger partial charge in [-0.05, 0) is 10.3 Å². The first-order chi connectivity index (χ1) is 8.27. The summed E-state index contributed by atoms with van der Waals surface area (Å²) in [4.78, 5) is 20.2. The normalized spacial score (nSPS) is 13.7. The topological polar surface area (TPSA) is 146 Å². The molecule has 1 radical (unpaired) electrons. The molecule has 0 aliphatic carbocycles. The van der Waals surface area contributed by atoms with Crippen molar-refractivity contribution < 1.29 is 28.7 Å². The number of amides is 1. The van der Waals surface area contributed by atoms with Gasteiger partial charge < -0.3 is 5.32 Å². The van der Waals surface area contributed by atoms with Crippen LogP contribution in [0, 0.1) is 10.1 Å². The molecule has 0 bridgehead atoms. The predicted octanol–water partition coefficient (Wildman–Crippen LogP) is -0.154. The van der Waals surface area contributed by atoms with Gasteiger partial charge in [0.05, 0.1) is 19.8 Å². The number of hydrogen-bond acceptors (Lipinski definition) is 5. The Kier molecular flexibility index (Phi) is 4.08. The fraction of sp³-hybridized carbons (Fsp3) is 0.125. The van der Waals surface area contributed by atoms with E-state index in [0.717, 1.165) is 18.2 Å². The van der Waals surface area contributed by atoms with Gasteiger partial charge in [0.25, 0.3) is 10.6 Å². The fourth-order valence-electron chi connectivity index (χ4n) is 1.19. The number of nitrogens with one attached hydrogen (secondary N) is 1. The lowest BCUT2D eigenvalue weighted by Gasteiger charge is -2.04. The summed E-state index contributed by atoms with van der Waals surface area (Å²) >= 11 is 0. The van der Waals surface area contributed by atoms with Crippen molar-refractivity contribution in [2.45, 2.75) is 11.8 Å². The van der Waals surface area contributed by atoms with Crippen LogP contribution in [-0.4, -0.2) is 10.8 Å². The highest BCUT2D eigenvalue weighted by Gasteiger charge is 2.41. The summed E-state index contributed by atoms with van der Waals surface area (Å²) in [5, 5.41) is 12.8. The van der Waals surface area contributed by atoms with E-state index in [0.29, 0.717) is 0 Å². The van der Waals surface area contributed by atoms with Crippen LogP contribution >= 0.6 is 0 Å². The number of hydrogen-bond donors (Lipinski definition) is 2. The maximum Gasteiger partial charge on any atom is 0.484 e. The second-order valence-corrected chi connectivity index (χ2v) is 4.77. The molecule has 0 aliphatic heterocycles. The number of carbonyl (C=O) groups is 1. The number of non-ortho nitro benzene ring substituents is 1. The van der Waals surface area contributed by atoms with Crippen molar-refractivity contribution in [3.63, 3.8) is 0 Å². The predicted molar refractivity (Wildman–Crippen MR) is 58.4 cm³/mol. The van der Waals surface area contributed by atoms with Gasteiger partial charge in [0, 0.05) is 13.0 Å². The Hall–Kier alpha value is -1.88. The Labute approximate surface area is 102 Å². The van der Waals surface area contributed by atoms with Crippen molar-refractivity contribution in [1.29, 1.82) is 0 Å². The smallest absolute Gasteiger partial charge is 0.322 e. The zero-order valence-corrected chi connectivity index (χ0v) is 10.1. The number of carbonyl (C=O) groups excluding carboxylic acids is 1. The molecule has 0 aliphatic rings. The molecule has 0 aromatic heterocycles. The van der Waals surface area contributed by atoms with Crippen molar-refractivity contribution in [2.75, 3.05) is 5.32 Å². The Balaban J connectivity index is 3.40. The first-order valence-electron chi connectivity index (χ1n) is 4.52. The lowest BCUT2D eigenvalue weighted by molar-refractivity contribution is -0.637. The SMILES string of the molecule is CC(=O)Nc1ccc([N+](=O)[O-])cc1[S+]([O])(=O)O[NH3+]. The Bertz CT molecular complexity index is 546. The molecule has 10 heteroatoms. The van der Waals surface area contributed by atoms with E-state index in [2.05, 4.69) is 15.5 Å². The van der Waals surface area contributed by atoms with Crippen LogP contribution in [0.15, 0.2) is 23.1 Å². The molecule has 1 rings (SSSR count). The third-order valence-corrected chi connectivity index (χ3v) is 3.10. The zero-order chi connectivity index (χ0) is 13.9. The first kappa shape index (κ1) is 14.2. The minimum atomic E-state index is -4.26. The largest absolute Gasteiger partial charge is 0.484 e. The second-order valence-electron chi connectivity index (χ2n) is 3.19. The van der Waals surface area contributed by atoms with Gasteiger partial charge in [-0.3, -0.25) is 14.9 Å². The van der Waals surface area contributed by atoms with Gasteiger partial charge in [0.1, 0.15) is 5.69 Å². The Morgan fingerprint density at radius 2 is 2.17 bits per heavy atom. The highest BCUT2D eigenvalue weighted by molar-refractivity contribution is 7.93. The van der Waals surface area contributed by atoms with E-state index in [-0.39, 0.29) is 5.69 Å². The molecule has 1 atom stereocenters. The van der Waals surface area contributed by atoms with Crippen molar-refractivity contribution in [3.8, 4) is 0 Å². The number of nitrogens with zero attached hydrogens (tertiary/aromatic N) is 1. The fourth-order valence-corrected chi connectivity index (χ4v) is 1.97. The van der Waals surface area contributed by atoms with Gasteiger partial charge in [0.15, 0.2) is 0 Å². The molecule has 0 saturated carbocycles. The molecular formula is C8H10N3O6S+2. The van der Waals surface area contributed by atoms with Gasteiger partial charge >= 0.3 is 10.5 Å². The van der Waals surface area contributed by atoms with E-state index in [1.54, 1.807) is 0 Å². The van der Waals surface area contributed by atoms with Crippen LogP contribution in [0.2, 0.25) is 0 Å². The average Bonchev–Trinajstić information content (AvgIpc) is 2.28. The van der Waals surface area contributed by atoms with Crippen molar-refractivity contribution in [3.05, 3.63) is 28.3 Å². The van der Waals surface area contributed by atoms with Gasteiger partial charge in [0.2, 0.25) is 5.91 Å². The van der Waals surface area contributed by atoms with Crippen molar-refractivity contribution in [1.82, 2.24) is 0 Å². The quantitative estimate of drug-likeness (QED) is 0.445. The van der Waals surface area contributed by atoms with E-state index in [9.17, 15) is 23.7 Å². The average molecular weight is 276 g/mol. The Morgan fingerprint density at radius 1 is 1.56 bits per heavy atom. The second kappa shape index (κ2) is 5.18. The number of anilines is 1. The molecule has 0 fully saturated rings. The van der Waals surface area contributed by atoms with Gasteiger partial charge in [-0.25, -0.2) is 0 Å². The Morgan fingerprint density at radius 3 is 2.61 bits per heavy atom. The van der Waals surface area contributed by atoms with E-state index in [4.69, 9.17) is 0 Å². The van der Waals surface area contributed by atoms with Gasteiger partial charge in [-0.1, -0.05) is 0 Å². The molecule has 0 heterocycles. The van der Waals surface area contributed by atoms with E-state index >= 15 is 0 Å². The van der Waals surface area contributed by atoms with Gasteiger partial charge in [-0.2, -0.15) is 5.90 Å². The van der Waals surface area contributed by atoms with Crippen LogP contribution in [-0.2, 0) is 28.3 Å².